The van der Waals surface area contributed by atoms with Crippen LogP contribution in [-0.4, -0.2) is 51.1 Å². The van der Waals surface area contributed by atoms with Crippen LogP contribution in [0.4, 0.5) is 0 Å². The van der Waals surface area contributed by atoms with Gasteiger partial charge in [-0.05, 0) is 25.8 Å². The molecule has 1 aliphatic rings. The van der Waals surface area contributed by atoms with Crippen molar-refractivity contribution >= 4 is 32.1 Å². The van der Waals surface area contributed by atoms with E-state index in [1.165, 1.54) is 0 Å². The number of aromatic amines is 1. The summed E-state index contributed by atoms with van der Waals surface area (Å²) in [5.74, 6) is 0.168. The molecule has 8 heteroatoms. The lowest BCUT2D eigenvalue weighted by Crippen LogP contribution is -2.39. The van der Waals surface area contributed by atoms with Crippen LogP contribution in [0.25, 0.3) is 22.1 Å². The summed E-state index contributed by atoms with van der Waals surface area (Å²) in [5.41, 5.74) is 2.80. The average Bonchev–Trinajstić information content (AvgIpc) is 3.20. The number of nitrogens with zero attached hydrogens (tertiary/aromatic N) is 4. The minimum absolute atomic E-state index is 0.168. The number of rotatable bonds is 3. The maximum atomic E-state index is 12.0. The molecular weight excluding hydrogens is 314 g/mol. The van der Waals surface area contributed by atoms with Crippen LogP contribution < -0.4 is 0 Å². The van der Waals surface area contributed by atoms with Gasteiger partial charge >= 0.3 is 0 Å². The summed E-state index contributed by atoms with van der Waals surface area (Å²) < 4.78 is 27.8. The average molecular weight is 333 g/mol. The number of hydrogen-bond donors (Lipinski definition) is 1. The Balaban J connectivity index is 1.67. The molecule has 1 aliphatic heterocycles. The smallest absolute Gasteiger partial charge is 0.213 e. The number of imidazole rings is 1. The number of hydrogen-bond acceptors (Lipinski definition) is 4. The second-order valence-corrected chi connectivity index (χ2v) is 8.17. The van der Waals surface area contributed by atoms with Crippen LogP contribution in [0.2, 0.25) is 0 Å². The first kappa shape index (κ1) is 14.6. The fourth-order valence-electron chi connectivity index (χ4n) is 3.39. The molecule has 0 spiro atoms. The van der Waals surface area contributed by atoms with Gasteiger partial charge in [0, 0.05) is 30.7 Å². The van der Waals surface area contributed by atoms with Crippen LogP contribution in [0, 0.1) is 0 Å². The summed E-state index contributed by atoms with van der Waals surface area (Å²) in [4.78, 5) is 12.0. The minimum atomic E-state index is -3.09. The van der Waals surface area contributed by atoms with Crippen LogP contribution in [0.3, 0.4) is 0 Å². The lowest BCUT2D eigenvalue weighted by Gasteiger charge is -2.31. The van der Waals surface area contributed by atoms with Crippen LogP contribution in [0.1, 0.15) is 25.8 Å². The van der Waals surface area contributed by atoms with E-state index in [-0.39, 0.29) is 11.8 Å². The Morgan fingerprint density at radius 2 is 2.09 bits per heavy atom. The molecule has 0 bridgehead atoms. The monoisotopic (exact) mass is 333 g/mol. The number of aromatic nitrogens is 4. The van der Waals surface area contributed by atoms with Gasteiger partial charge in [0.2, 0.25) is 10.0 Å². The molecule has 0 aromatic carbocycles. The van der Waals surface area contributed by atoms with Gasteiger partial charge in [0.15, 0.2) is 0 Å². The van der Waals surface area contributed by atoms with Gasteiger partial charge in [-0.2, -0.15) is 0 Å². The maximum absolute atomic E-state index is 12.0. The third kappa shape index (κ3) is 2.33. The molecule has 0 radical (unpaired) electrons. The van der Waals surface area contributed by atoms with E-state index in [0.717, 1.165) is 34.9 Å². The number of pyridine rings is 1. The molecule has 3 aromatic heterocycles. The molecule has 1 saturated heterocycles. The van der Waals surface area contributed by atoms with Crippen molar-refractivity contribution in [1.82, 2.24) is 23.8 Å². The number of nitrogens with one attached hydrogen (secondary N) is 1. The van der Waals surface area contributed by atoms with Gasteiger partial charge in [-0.3, -0.25) is 0 Å². The first-order chi connectivity index (χ1) is 11.1. The summed E-state index contributed by atoms with van der Waals surface area (Å²) in [7, 11) is -3.09. The van der Waals surface area contributed by atoms with Gasteiger partial charge in [0.05, 0.1) is 23.8 Å². The van der Waals surface area contributed by atoms with E-state index >= 15 is 0 Å². The van der Waals surface area contributed by atoms with Crippen LogP contribution >= 0.6 is 0 Å². The molecule has 0 aliphatic carbocycles. The van der Waals surface area contributed by atoms with Crippen molar-refractivity contribution in [3.8, 4) is 0 Å². The Morgan fingerprint density at radius 1 is 1.30 bits per heavy atom. The van der Waals surface area contributed by atoms with Crippen molar-refractivity contribution in [2.24, 2.45) is 0 Å². The van der Waals surface area contributed by atoms with Crippen molar-refractivity contribution in [3.05, 3.63) is 24.8 Å². The van der Waals surface area contributed by atoms with E-state index in [1.807, 2.05) is 18.6 Å². The maximum Gasteiger partial charge on any atom is 0.213 e. The zero-order chi connectivity index (χ0) is 16.0. The van der Waals surface area contributed by atoms with Crippen LogP contribution in [0.5, 0.6) is 0 Å². The second-order valence-electron chi connectivity index (χ2n) is 5.91. The Labute approximate surface area is 134 Å². The molecule has 4 heterocycles. The molecule has 4 rings (SSSR count). The van der Waals surface area contributed by atoms with E-state index in [1.54, 1.807) is 17.4 Å². The van der Waals surface area contributed by atoms with E-state index in [2.05, 4.69) is 19.5 Å². The summed E-state index contributed by atoms with van der Waals surface area (Å²) in [6, 6.07) is 2.28. The highest BCUT2D eigenvalue weighted by Crippen LogP contribution is 2.30. The second kappa shape index (κ2) is 5.31. The fourth-order valence-corrected chi connectivity index (χ4v) is 4.52. The van der Waals surface area contributed by atoms with Gasteiger partial charge in [0.1, 0.15) is 11.2 Å². The van der Waals surface area contributed by atoms with Gasteiger partial charge in [-0.25, -0.2) is 22.7 Å². The van der Waals surface area contributed by atoms with Gasteiger partial charge in [-0.1, -0.05) is 0 Å². The molecule has 0 saturated carbocycles. The fraction of sp³-hybridized carbons (Fsp3) is 0.467. The number of H-pyrrole nitrogens is 1. The van der Waals surface area contributed by atoms with Crippen molar-refractivity contribution in [3.63, 3.8) is 0 Å². The first-order valence-corrected chi connectivity index (χ1v) is 9.47. The zero-order valence-corrected chi connectivity index (χ0v) is 13.8. The van der Waals surface area contributed by atoms with Crippen molar-refractivity contribution in [2.75, 3.05) is 18.8 Å². The summed E-state index contributed by atoms with van der Waals surface area (Å²) >= 11 is 0. The Hall–Kier alpha value is -1.93. The lowest BCUT2D eigenvalue weighted by molar-refractivity contribution is 0.277. The standard InChI is InChI=1S/C15H19N5O2S/c1-2-23(21,22)19-7-4-11(5-8-19)20-10-18-13-9-17-15-12(14(13)20)3-6-16-15/h3,6,9-11H,2,4-5,7-8H2,1H3,(H,16,17). The molecule has 1 N–H and O–H groups in total. The molecule has 23 heavy (non-hydrogen) atoms. The van der Waals surface area contributed by atoms with Crippen LogP contribution in [0.15, 0.2) is 24.8 Å². The predicted octanol–water partition coefficient (Wildman–Crippen LogP) is 1.90. The van der Waals surface area contributed by atoms with Crippen molar-refractivity contribution in [1.29, 1.82) is 0 Å². The van der Waals surface area contributed by atoms with E-state index in [4.69, 9.17) is 0 Å². The third-order valence-electron chi connectivity index (χ3n) is 4.69. The molecule has 1 fully saturated rings. The number of sulfonamides is 1. The molecule has 0 unspecified atom stereocenters. The highest BCUT2D eigenvalue weighted by molar-refractivity contribution is 7.89. The Bertz CT molecular complexity index is 951. The SMILES string of the molecule is CCS(=O)(=O)N1CCC(n2cnc3cnc4[nH]ccc4c32)CC1. The summed E-state index contributed by atoms with van der Waals surface area (Å²) in [6.07, 6.45) is 7.12. The minimum Gasteiger partial charge on any atom is -0.346 e. The Kier molecular flexibility index (Phi) is 3.38. The summed E-state index contributed by atoms with van der Waals surface area (Å²) in [6.45, 7) is 2.84. The quantitative estimate of drug-likeness (QED) is 0.793. The third-order valence-corrected chi connectivity index (χ3v) is 6.57. The molecule has 0 amide bonds. The predicted molar refractivity (Wildman–Crippen MR) is 88.7 cm³/mol. The molecular formula is C15H19N5O2S. The Morgan fingerprint density at radius 3 is 2.83 bits per heavy atom. The first-order valence-electron chi connectivity index (χ1n) is 7.86. The molecule has 3 aromatic rings. The highest BCUT2D eigenvalue weighted by Gasteiger charge is 2.28. The topological polar surface area (TPSA) is 83.9 Å². The molecule has 0 atom stereocenters. The number of piperidine rings is 1. The van der Waals surface area contributed by atoms with Gasteiger partial charge in [-0.15, -0.1) is 0 Å². The largest absolute Gasteiger partial charge is 0.346 e. The van der Waals surface area contributed by atoms with E-state index in [9.17, 15) is 8.42 Å². The van der Waals surface area contributed by atoms with Crippen molar-refractivity contribution in [2.45, 2.75) is 25.8 Å². The van der Waals surface area contributed by atoms with Gasteiger partial charge in [0.25, 0.3) is 0 Å². The number of fused-ring (bicyclic) bond motifs is 3. The van der Waals surface area contributed by atoms with Crippen molar-refractivity contribution < 1.29 is 8.42 Å². The summed E-state index contributed by atoms with van der Waals surface area (Å²) in [5, 5.41) is 1.06. The zero-order valence-electron chi connectivity index (χ0n) is 12.9. The van der Waals surface area contributed by atoms with Gasteiger partial charge < -0.3 is 9.55 Å². The molecule has 122 valence electrons. The highest BCUT2D eigenvalue weighted by atomic mass is 32.2. The molecule has 7 nitrogen and oxygen atoms in total. The van der Waals surface area contributed by atoms with E-state index < -0.39 is 10.0 Å². The lowest BCUT2D eigenvalue weighted by atomic mass is 10.1. The van der Waals surface area contributed by atoms with E-state index in [0.29, 0.717) is 13.1 Å². The van der Waals surface area contributed by atoms with Crippen LogP contribution in [-0.2, 0) is 10.0 Å². The normalized spacial score (nSPS) is 18.1.